The zero-order chi connectivity index (χ0) is 18.7. The van der Waals surface area contributed by atoms with Gasteiger partial charge in [0.25, 0.3) is 0 Å². The minimum atomic E-state index is -0.109. The number of hydrogen-bond acceptors (Lipinski definition) is 3. The van der Waals surface area contributed by atoms with Gasteiger partial charge in [0.2, 0.25) is 0 Å². The van der Waals surface area contributed by atoms with Crippen molar-refractivity contribution in [2.24, 2.45) is 40.4 Å². The first-order valence-corrected chi connectivity index (χ1v) is 10.6. The van der Waals surface area contributed by atoms with Crippen LogP contribution in [0.2, 0.25) is 0 Å². The van der Waals surface area contributed by atoms with Crippen LogP contribution in [-0.4, -0.2) is 18.4 Å². The Morgan fingerprint density at radius 3 is 2.73 bits per heavy atom. The molecule has 144 valence electrons. The third kappa shape index (κ3) is 2.60. The van der Waals surface area contributed by atoms with Gasteiger partial charge in [0.05, 0.1) is 5.92 Å². The van der Waals surface area contributed by atoms with Crippen molar-refractivity contribution in [3.8, 4) is 0 Å². The number of ketones is 1. The molecule has 0 aromatic rings. The number of esters is 1. The molecule has 0 aromatic heterocycles. The van der Waals surface area contributed by atoms with Crippen molar-refractivity contribution in [2.75, 3.05) is 6.61 Å². The monoisotopic (exact) mass is 358 g/mol. The van der Waals surface area contributed by atoms with Gasteiger partial charge in [-0.2, -0.15) is 0 Å². The van der Waals surface area contributed by atoms with Crippen LogP contribution in [0.25, 0.3) is 0 Å². The van der Waals surface area contributed by atoms with E-state index >= 15 is 0 Å². The van der Waals surface area contributed by atoms with Gasteiger partial charge in [0.1, 0.15) is 12.4 Å². The van der Waals surface area contributed by atoms with Crippen LogP contribution >= 0.6 is 0 Å². The Balaban J connectivity index is 1.38. The van der Waals surface area contributed by atoms with E-state index in [-0.39, 0.29) is 29.1 Å². The van der Waals surface area contributed by atoms with Gasteiger partial charge in [-0.25, -0.2) is 0 Å². The summed E-state index contributed by atoms with van der Waals surface area (Å²) in [6, 6.07) is 0. The third-order valence-electron chi connectivity index (χ3n) is 8.88. The predicted molar refractivity (Wildman–Crippen MR) is 101 cm³/mol. The first-order chi connectivity index (χ1) is 12.2. The molecule has 26 heavy (non-hydrogen) atoms. The molecule has 0 N–H and O–H groups in total. The molecule has 6 atom stereocenters. The van der Waals surface area contributed by atoms with Crippen molar-refractivity contribution in [3.63, 3.8) is 0 Å². The lowest BCUT2D eigenvalue weighted by Crippen LogP contribution is -2.49. The van der Waals surface area contributed by atoms with Crippen LogP contribution in [0.5, 0.6) is 0 Å². The molecule has 1 unspecified atom stereocenters. The van der Waals surface area contributed by atoms with Gasteiger partial charge in [0, 0.05) is 12.3 Å². The lowest BCUT2D eigenvalue weighted by molar-refractivity contribution is -0.152. The van der Waals surface area contributed by atoms with Gasteiger partial charge in [-0.3, -0.25) is 9.59 Å². The summed E-state index contributed by atoms with van der Waals surface area (Å²) in [6.45, 7) is 9.44. The Morgan fingerprint density at radius 1 is 1.27 bits per heavy atom. The maximum Gasteiger partial charge on any atom is 0.309 e. The van der Waals surface area contributed by atoms with E-state index in [0.29, 0.717) is 23.7 Å². The topological polar surface area (TPSA) is 43.4 Å². The quantitative estimate of drug-likeness (QED) is 0.528. The largest absolute Gasteiger partial charge is 0.461 e. The molecule has 0 saturated heterocycles. The van der Waals surface area contributed by atoms with Crippen LogP contribution in [0, 0.1) is 40.4 Å². The number of hydrogen-bond donors (Lipinski definition) is 0. The van der Waals surface area contributed by atoms with E-state index in [2.05, 4.69) is 26.8 Å². The number of rotatable bonds is 4. The van der Waals surface area contributed by atoms with E-state index < -0.39 is 0 Å². The van der Waals surface area contributed by atoms with Crippen molar-refractivity contribution in [1.29, 1.82) is 0 Å². The highest BCUT2D eigenvalue weighted by molar-refractivity contribution is 5.83. The molecule has 0 radical (unpaired) electrons. The summed E-state index contributed by atoms with van der Waals surface area (Å²) < 4.78 is 5.80. The average molecular weight is 359 g/mol. The maximum atomic E-state index is 12.8. The van der Waals surface area contributed by atoms with E-state index in [0.717, 1.165) is 44.4 Å². The van der Waals surface area contributed by atoms with Crippen molar-refractivity contribution in [1.82, 2.24) is 0 Å². The van der Waals surface area contributed by atoms with Crippen LogP contribution in [0.4, 0.5) is 0 Å². The molecule has 3 fully saturated rings. The number of carbonyl (C=O) groups excluding carboxylic acids is 2. The molecule has 3 heteroatoms. The standard InChI is InChI=1S/C23H34O3/c1-14(17-9-10-18-20(24)6-5-11-23(17,18)4)21(25)26-13-15-7-8-16-12-19(15)22(16,2)3/h7,14,16-19H,5-6,8-13H2,1-4H3/t14?,16-,17+,18-,19-,23+/m0/s1. The third-order valence-corrected chi connectivity index (χ3v) is 8.88. The summed E-state index contributed by atoms with van der Waals surface area (Å²) in [5.41, 5.74) is 1.71. The molecule has 3 saturated carbocycles. The summed E-state index contributed by atoms with van der Waals surface area (Å²) in [4.78, 5) is 25.1. The number of fused-ring (bicyclic) bond motifs is 2. The molecule has 2 bridgehead atoms. The number of allylic oxidation sites excluding steroid dienone is 1. The van der Waals surface area contributed by atoms with Crippen molar-refractivity contribution in [2.45, 2.75) is 72.6 Å². The highest BCUT2D eigenvalue weighted by Gasteiger charge is 2.54. The highest BCUT2D eigenvalue weighted by atomic mass is 16.5. The lowest BCUT2D eigenvalue weighted by atomic mass is 9.49. The van der Waals surface area contributed by atoms with Gasteiger partial charge in [-0.05, 0) is 72.7 Å². The molecule has 0 amide bonds. The second-order valence-corrected chi connectivity index (χ2v) is 10.3. The molecule has 5 aliphatic carbocycles. The van der Waals surface area contributed by atoms with Crippen LogP contribution < -0.4 is 0 Å². The lowest BCUT2D eigenvalue weighted by Gasteiger charge is -2.56. The second-order valence-electron chi connectivity index (χ2n) is 10.3. The molecule has 0 heterocycles. The molecule has 0 aliphatic heterocycles. The Hall–Kier alpha value is -1.12. The Morgan fingerprint density at radius 2 is 2.04 bits per heavy atom. The summed E-state index contributed by atoms with van der Waals surface area (Å²) >= 11 is 0. The summed E-state index contributed by atoms with van der Waals surface area (Å²) in [6.07, 6.45) is 9.45. The van der Waals surface area contributed by atoms with Crippen LogP contribution in [0.15, 0.2) is 11.6 Å². The summed E-state index contributed by atoms with van der Waals surface area (Å²) in [7, 11) is 0. The number of Topliss-reactive ketones (excluding diaryl/α,β-unsaturated/α-hetero) is 1. The van der Waals surface area contributed by atoms with Gasteiger partial charge in [-0.1, -0.05) is 33.8 Å². The van der Waals surface area contributed by atoms with Gasteiger partial charge in [-0.15, -0.1) is 0 Å². The minimum absolute atomic E-state index is 0.00105. The van der Waals surface area contributed by atoms with Crippen LogP contribution in [0.1, 0.15) is 72.6 Å². The molecular weight excluding hydrogens is 324 g/mol. The summed E-state index contributed by atoms with van der Waals surface area (Å²) in [5.74, 6) is 2.12. The van der Waals surface area contributed by atoms with E-state index in [9.17, 15) is 9.59 Å². The van der Waals surface area contributed by atoms with Crippen molar-refractivity contribution >= 4 is 11.8 Å². The summed E-state index contributed by atoms with van der Waals surface area (Å²) in [5, 5.41) is 0. The Bertz CT molecular complexity index is 646. The fourth-order valence-corrected chi connectivity index (χ4v) is 6.88. The first-order valence-electron chi connectivity index (χ1n) is 10.6. The van der Waals surface area contributed by atoms with Gasteiger partial charge < -0.3 is 4.74 Å². The molecular formula is C23H34O3. The number of ether oxygens (including phenoxy) is 1. The van der Waals surface area contributed by atoms with E-state index in [1.165, 1.54) is 12.0 Å². The molecule has 0 spiro atoms. The fraction of sp³-hybridized carbons (Fsp3) is 0.826. The van der Waals surface area contributed by atoms with E-state index in [1.54, 1.807) is 0 Å². The zero-order valence-corrected chi connectivity index (χ0v) is 16.8. The Labute approximate surface area is 157 Å². The van der Waals surface area contributed by atoms with Crippen LogP contribution in [0.3, 0.4) is 0 Å². The SMILES string of the molecule is CC(C(=O)OCC1=CC[C@H]2C[C@@H]1C2(C)C)[C@H]1CC[C@H]2C(=O)CCC[C@]12C. The average Bonchev–Trinajstić information content (AvgIpc) is 2.97. The van der Waals surface area contributed by atoms with Gasteiger partial charge >= 0.3 is 5.97 Å². The molecule has 3 nitrogen and oxygen atoms in total. The van der Waals surface area contributed by atoms with E-state index in [4.69, 9.17) is 4.74 Å². The molecule has 5 aliphatic rings. The molecule has 5 rings (SSSR count). The normalized spacial score (nSPS) is 41.7. The van der Waals surface area contributed by atoms with Crippen molar-refractivity contribution in [3.05, 3.63) is 11.6 Å². The second kappa shape index (κ2) is 6.21. The van der Waals surface area contributed by atoms with Crippen molar-refractivity contribution < 1.29 is 14.3 Å². The fourth-order valence-electron chi connectivity index (χ4n) is 6.88. The first kappa shape index (κ1) is 18.3. The zero-order valence-electron chi connectivity index (χ0n) is 16.8. The smallest absolute Gasteiger partial charge is 0.309 e. The maximum absolute atomic E-state index is 12.8. The van der Waals surface area contributed by atoms with E-state index in [1.807, 2.05) is 6.92 Å². The minimum Gasteiger partial charge on any atom is -0.461 e. The van der Waals surface area contributed by atoms with Crippen LogP contribution in [-0.2, 0) is 14.3 Å². The predicted octanol–water partition coefficient (Wildman–Crippen LogP) is 4.94. The number of carbonyl (C=O) groups is 2. The Kier molecular flexibility index (Phi) is 4.36. The van der Waals surface area contributed by atoms with Gasteiger partial charge in [0.15, 0.2) is 0 Å². The molecule has 0 aromatic carbocycles. The highest BCUT2D eigenvalue weighted by Crippen LogP contribution is 2.59.